The van der Waals surface area contributed by atoms with E-state index in [1.165, 1.54) is 24.9 Å². The van der Waals surface area contributed by atoms with Gasteiger partial charge in [-0.2, -0.15) is 4.73 Å². The lowest BCUT2D eigenvalue weighted by Gasteiger charge is -2.41. The zero-order valence-corrected chi connectivity index (χ0v) is 24.8. The van der Waals surface area contributed by atoms with Crippen molar-refractivity contribution in [3.63, 3.8) is 0 Å². The number of benzene rings is 2. The standard InChI is InChI=1S/C32H39N3O6S/c1-22-28(21-42-30-9-5-7-19-35(30)39)40-32(41-31(22)25-12-10-24(20-36)11-13-25)26-14-16-27(17-15-26)34-29(38)8-4-3-6-18-33-23(2)37/h5,7,9-17,19,22,28,31-32,36H,3-4,6,8,18,20-21H2,1-2H3,(H,33,37)(H,34,38)/t22-,28+,31+,32+/m0/s1. The first-order chi connectivity index (χ1) is 20.3. The Morgan fingerprint density at radius 1 is 0.976 bits per heavy atom. The van der Waals surface area contributed by atoms with Crippen molar-refractivity contribution in [1.82, 2.24) is 5.32 Å². The Kier molecular flexibility index (Phi) is 11.8. The Hall–Kier alpha value is -3.44. The first kappa shape index (κ1) is 31.5. The number of amides is 2. The van der Waals surface area contributed by atoms with Gasteiger partial charge < -0.3 is 30.4 Å². The van der Waals surface area contributed by atoms with Gasteiger partial charge in [0.15, 0.2) is 12.5 Å². The molecule has 2 heterocycles. The van der Waals surface area contributed by atoms with Crippen LogP contribution in [-0.2, 0) is 25.7 Å². The first-order valence-corrected chi connectivity index (χ1v) is 15.3. The number of hydrogen-bond acceptors (Lipinski definition) is 7. The van der Waals surface area contributed by atoms with Crippen LogP contribution < -0.4 is 15.4 Å². The van der Waals surface area contributed by atoms with Crippen molar-refractivity contribution in [3.8, 4) is 0 Å². The van der Waals surface area contributed by atoms with E-state index in [-0.39, 0.29) is 36.5 Å². The molecule has 0 bridgehead atoms. The molecule has 0 spiro atoms. The predicted molar refractivity (Wildman–Crippen MR) is 161 cm³/mol. The summed E-state index contributed by atoms with van der Waals surface area (Å²) in [6.07, 6.45) is 3.25. The molecule has 1 saturated heterocycles. The van der Waals surface area contributed by atoms with Crippen LogP contribution in [0.1, 0.15) is 68.6 Å². The van der Waals surface area contributed by atoms with E-state index >= 15 is 0 Å². The topological polar surface area (TPSA) is 124 Å². The molecule has 2 aromatic carbocycles. The molecular weight excluding hydrogens is 554 g/mol. The maximum absolute atomic E-state index is 12.4. The molecule has 1 aliphatic heterocycles. The highest BCUT2D eigenvalue weighted by Crippen LogP contribution is 2.43. The molecule has 0 saturated carbocycles. The van der Waals surface area contributed by atoms with Crippen LogP contribution in [0.15, 0.2) is 78.0 Å². The molecule has 1 aromatic heterocycles. The van der Waals surface area contributed by atoms with Gasteiger partial charge in [-0.15, -0.1) is 0 Å². The minimum atomic E-state index is -0.641. The molecule has 0 aliphatic carbocycles. The van der Waals surface area contributed by atoms with Crippen LogP contribution in [0, 0.1) is 11.1 Å². The van der Waals surface area contributed by atoms with Gasteiger partial charge >= 0.3 is 0 Å². The minimum Gasteiger partial charge on any atom is -0.618 e. The van der Waals surface area contributed by atoms with Gasteiger partial charge in [0, 0.05) is 54.9 Å². The maximum Gasteiger partial charge on any atom is 0.251 e. The molecule has 9 nitrogen and oxygen atoms in total. The lowest BCUT2D eigenvalue weighted by atomic mass is 9.91. The second-order valence-corrected chi connectivity index (χ2v) is 11.5. The van der Waals surface area contributed by atoms with E-state index < -0.39 is 6.29 Å². The number of ether oxygens (including phenoxy) is 2. The fraction of sp³-hybridized carbons (Fsp3) is 0.406. The average molecular weight is 594 g/mol. The molecule has 3 aromatic rings. The van der Waals surface area contributed by atoms with E-state index in [1.54, 1.807) is 12.1 Å². The highest BCUT2D eigenvalue weighted by atomic mass is 32.2. The van der Waals surface area contributed by atoms with Crippen LogP contribution in [0.5, 0.6) is 0 Å². The van der Waals surface area contributed by atoms with E-state index in [2.05, 4.69) is 17.6 Å². The monoisotopic (exact) mass is 593 g/mol. The number of carbonyl (C=O) groups is 2. The number of aliphatic hydroxyl groups excluding tert-OH is 1. The summed E-state index contributed by atoms with van der Waals surface area (Å²) in [7, 11) is 0. The Morgan fingerprint density at radius 2 is 1.71 bits per heavy atom. The van der Waals surface area contributed by atoms with Gasteiger partial charge in [0.2, 0.25) is 11.8 Å². The van der Waals surface area contributed by atoms with Crippen molar-refractivity contribution in [1.29, 1.82) is 0 Å². The summed E-state index contributed by atoms with van der Waals surface area (Å²) in [4.78, 5) is 23.3. The number of anilines is 1. The van der Waals surface area contributed by atoms with E-state index in [4.69, 9.17) is 9.47 Å². The van der Waals surface area contributed by atoms with Crippen molar-refractivity contribution < 1.29 is 28.9 Å². The molecule has 224 valence electrons. The second-order valence-electron chi connectivity index (χ2n) is 10.5. The van der Waals surface area contributed by atoms with Gasteiger partial charge in [-0.3, -0.25) is 9.59 Å². The fourth-order valence-electron chi connectivity index (χ4n) is 4.80. The minimum absolute atomic E-state index is 0.00524. The van der Waals surface area contributed by atoms with Crippen LogP contribution in [0.25, 0.3) is 0 Å². The molecule has 0 unspecified atom stereocenters. The lowest BCUT2D eigenvalue weighted by molar-refractivity contribution is -0.645. The maximum atomic E-state index is 12.4. The van der Waals surface area contributed by atoms with Crippen molar-refractivity contribution >= 4 is 29.3 Å². The fourth-order valence-corrected chi connectivity index (χ4v) is 5.88. The normalized spacial score (nSPS) is 20.2. The predicted octanol–water partition coefficient (Wildman–Crippen LogP) is 5.03. The highest BCUT2D eigenvalue weighted by Gasteiger charge is 2.38. The van der Waals surface area contributed by atoms with Crippen molar-refractivity contribution in [2.45, 2.75) is 69.7 Å². The SMILES string of the molecule is CC(=O)NCCCCCC(=O)Nc1ccc([C@@H]2O[C@H](CSc3cccc[n+]3[O-])[C@H](C)[C@H](c3ccc(CO)cc3)O2)cc1. The number of pyridine rings is 1. The number of aromatic nitrogens is 1. The zero-order chi connectivity index (χ0) is 29.9. The van der Waals surface area contributed by atoms with Crippen LogP contribution in [0.4, 0.5) is 5.69 Å². The number of hydrogen-bond donors (Lipinski definition) is 3. The highest BCUT2D eigenvalue weighted by molar-refractivity contribution is 7.99. The van der Waals surface area contributed by atoms with Gasteiger partial charge in [0.1, 0.15) is 0 Å². The molecule has 1 fully saturated rings. The van der Waals surface area contributed by atoms with Gasteiger partial charge in [-0.05, 0) is 42.2 Å². The number of nitrogens with one attached hydrogen (secondary N) is 2. The van der Waals surface area contributed by atoms with Crippen LogP contribution in [-0.4, -0.2) is 35.3 Å². The summed E-state index contributed by atoms with van der Waals surface area (Å²) >= 11 is 1.45. The third-order valence-corrected chi connectivity index (χ3v) is 8.34. The molecule has 0 radical (unpaired) electrons. The number of carbonyl (C=O) groups excluding carboxylic acids is 2. The van der Waals surface area contributed by atoms with E-state index in [0.29, 0.717) is 29.4 Å². The number of thioether (sulfide) groups is 1. The number of unbranched alkanes of at least 4 members (excludes halogenated alkanes) is 2. The van der Waals surface area contributed by atoms with E-state index in [0.717, 1.165) is 40.7 Å². The first-order valence-electron chi connectivity index (χ1n) is 14.3. The number of nitrogens with zero attached hydrogens (tertiary/aromatic N) is 1. The molecule has 4 rings (SSSR count). The molecule has 42 heavy (non-hydrogen) atoms. The smallest absolute Gasteiger partial charge is 0.251 e. The van der Waals surface area contributed by atoms with Gasteiger partial charge in [0.05, 0.1) is 18.8 Å². The number of aliphatic hydroxyl groups is 1. The molecule has 2 amide bonds. The van der Waals surface area contributed by atoms with Gasteiger partial charge in [-0.25, -0.2) is 0 Å². The van der Waals surface area contributed by atoms with E-state index in [1.807, 2.05) is 54.6 Å². The summed E-state index contributed by atoms with van der Waals surface area (Å²) in [5.41, 5.74) is 3.33. The van der Waals surface area contributed by atoms with E-state index in [9.17, 15) is 19.9 Å². The Morgan fingerprint density at radius 3 is 2.40 bits per heavy atom. The lowest BCUT2D eigenvalue weighted by Crippen LogP contribution is -2.39. The Balaban J connectivity index is 1.40. The summed E-state index contributed by atoms with van der Waals surface area (Å²) < 4.78 is 13.8. The molecule has 3 N–H and O–H groups in total. The Bertz CT molecular complexity index is 1300. The van der Waals surface area contributed by atoms with Crippen LogP contribution >= 0.6 is 11.8 Å². The molecule has 4 atom stereocenters. The third-order valence-electron chi connectivity index (χ3n) is 7.23. The quantitative estimate of drug-likeness (QED) is 0.110. The molecular formula is C32H39N3O6S. The largest absolute Gasteiger partial charge is 0.618 e. The summed E-state index contributed by atoms with van der Waals surface area (Å²) in [5, 5.41) is 28.0. The summed E-state index contributed by atoms with van der Waals surface area (Å²) in [6, 6.07) is 20.5. The third kappa shape index (κ3) is 9.03. The van der Waals surface area contributed by atoms with Crippen LogP contribution in [0.3, 0.4) is 0 Å². The second kappa shape index (κ2) is 15.7. The van der Waals surface area contributed by atoms with Gasteiger partial charge in [0.25, 0.3) is 5.03 Å². The average Bonchev–Trinajstić information content (AvgIpc) is 2.99. The number of rotatable bonds is 13. The summed E-state index contributed by atoms with van der Waals surface area (Å²) in [5.74, 6) is 0.466. The summed E-state index contributed by atoms with van der Waals surface area (Å²) in [6.45, 7) is 4.18. The molecule has 1 aliphatic rings. The molecule has 10 heteroatoms. The zero-order valence-electron chi connectivity index (χ0n) is 24.0. The van der Waals surface area contributed by atoms with Crippen LogP contribution in [0.2, 0.25) is 0 Å². The van der Waals surface area contributed by atoms with Crippen molar-refractivity contribution in [2.75, 3.05) is 17.6 Å². The van der Waals surface area contributed by atoms with Crippen molar-refractivity contribution in [3.05, 3.63) is 94.8 Å². The Labute approximate surface area is 251 Å². The van der Waals surface area contributed by atoms with Crippen molar-refractivity contribution in [2.24, 2.45) is 5.92 Å². The van der Waals surface area contributed by atoms with Gasteiger partial charge in [-0.1, -0.05) is 61.5 Å².